The van der Waals surface area contributed by atoms with Crippen LogP contribution in [0, 0.1) is 11.7 Å². The molecule has 2 saturated carbocycles. The van der Waals surface area contributed by atoms with Crippen LogP contribution in [0.3, 0.4) is 0 Å². The van der Waals surface area contributed by atoms with Gasteiger partial charge < -0.3 is 21.1 Å². The summed E-state index contributed by atoms with van der Waals surface area (Å²) in [5.74, 6) is -4.53. The van der Waals surface area contributed by atoms with Gasteiger partial charge in [0.15, 0.2) is 0 Å². The molecule has 1 aromatic heterocycles. The molecule has 1 unspecified atom stereocenters. The highest BCUT2D eigenvalue weighted by atomic mass is 19.4. The number of hydrogen-bond acceptors (Lipinski definition) is 5. The van der Waals surface area contributed by atoms with Crippen molar-refractivity contribution in [3.05, 3.63) is 58.7 Å². The van der Waals surface area contributed by atoms with Gasteiger partial charge in [-0.15, -0.1) is 0 Å². The summed E-state index contributed by atoms with van der Waals surface area (Å²) in [7, 11) is 0. The van der Waals surface area contributed by atoms with Crippen LogP contribution in [0.4, 0.5) is 23.2 Å². The predicted octanol–water partition coefficient (Wildman–Crippen LogP) is 3.60. The van der Waals surface area contributed by atoms with Crippen LogP contribution in [0.5, 0.6) is 0 Å². The van der Waals surface area contributed by atoms with E-state index in [1.54, 1.807) is 11.4 Å². The van der Waals surface area contributed by atoms with Gasteiger partial charge in [-0.25, -0.2) is 4.39 Å². The third-order valence-corrected chi connectivity index (χ3v) is 6.78. The molecule has 0 bridgehead atoms. The minimum absolute atomic E-state index is 0.0664. The first-order valence-corrected chi connectivity index (χ1v) is 13.0. The quantitative estimate of drug-likeness (QED) is 0.245. The summed E-state index contributed by atoms with van der Waals surface area (Å²) in [6.07, 6.45) is 0.235. The van der Waals surface area contributed by atoms with Crippen LogP contribution in [0.1, 0.15) is 67.5 Å². The molecule has 1 aromatic carbocycles. The average molecular weight is 566 g/mol. The molecule has 1 heterocycles. The lowest BCUT2D eigenvalue weighted by Gasteiger charge is -2.23. The lowest BCUT2D eigenvalue weighted by Crippen LogP contribution is -2.46. The zero-order chi connectivity index (χ0) is 29.2. The van der Waals surface area contributed by atoms with Crippen molar-refractivity contribution < 1.29 is 37.1 Å². The summed E-state index contributed by atoms with van der Waals surface area (Å²) in [5, 5.41) is 20.7. The number of amides is 3. The number of aromatic nitrogens is 2. The van der Waals surface area contributed by atoms with Gasteiger partial charge in [-0.2, -0.15) is 18.3 Å². The zero-order valence-corrected chi connectivity index (χ0v) is 22.0. The number of halogens is 4. The molecule has 2 aliphatic rings. The molecule has 0 spiro atoms. The van der Waals surface area contributed by atoms with Crippen molar-refractivity contribution in [3.8, 4) is 0 Å². The maximum atomic E-state index is 15.1. The van der Waals surface area contributed by atoms with E-state index in [2.05, 4.69) is 15.7 Å². The standard InChI is InChI=1S/C27H31F4N5O4/c1-14(2)36-21(9-10-33-36)25(39)35-23(22(15-3-4-15)16-5-6-16)26(40)34-20-8-7-17(11-19(20)28)18(12-37)24(38)32-13-27(29,30)31/h7-11,14-15,18,23,37H,3-6,12-13H2,1-2H3,(H,32,38)(H,34,40)(H,35,39)/t18?,23-/m0/s1. The number of aliphatic hydroxyl groups excluding tert-OH is 1. The monoisotopic (exact) mass is 565 g/mol. The van der Waals surface area contributed by atoms with Crippen LogP contribution < -0.4 is 16.0 Å². The number of carbonyl (C=O) groups excluding carboxylic acids is 3. The van der Waals surface area contributed by atoms with Crippen LogP contribution in [0.15, 0.2) is 41.6 Å². The third-order valence-electron chi connectivity index (χ3n) is 6.78. The molecule has 9 nitrogen and oxygen atoms in total. The van der Waals surface area contributed by atoms with Crippen molar-refractivity contribution in [2.75, 3.05) is 18.5 Å². The number of nitrogens with zero attached hydrogens (tertiary/aromatic N) is 2. The van der Waals surface area contributed by atoms with Crippen molar-refractivity contribution in [3.63, 3.8) is 0 Å². The molecule has 0 aliphatic heterocycles. The smallest absolute Gasteiger partial charge is 0.395 e. The van der Waals surface area contributed by atoms with E-state index in [4.69, 9.17) is 0 Å². The van der Waals surface area contributed by atoms with Gasteiger partial charge in [0.1, 0.15) is 24.1 Å². The molecule has 4 N–H and O–H groups in total. The molecule has 3 amide bonds. The molecule has 0 saturated heterocycles. The summed E-state index contributed by atoms with van der Waals surface area (Å²) >= 11 is 0. The second-order valence-corrected chi connectivity index (χ2v) is 10.3. The molecule has 2 atom stereocenters. The lowest BCUT2D eigenvalue weighted by molar-refractivity contribution is -0.139. The van der Waals surface area contributed by atoms with Gasteiger partial charge in [0.25, 0.3) is 11.8 Å². The van der Waals surface area contributed by atoms with Gasteiger partial charge in [-0.05, 0) is 74.8 Å². The zero-order valence-electron chi connectivity index (χ0n) is 22.0. The van der Waals surface area contributed by atoms with Crippen LogP contribution in [-0.2, 0) is 9.59 Å². The molecule has 13 heteroatoms. The normalized spacial score (nSPS) is 16.4. The van der Waals surface area contributed by atoms with Gasteiger partial charge in [0, 0.05) is 12.2 Å². The number of benzene rings is 1. The second-order valence-electron chi connectivity index (χ2n) is 10.3. The van der Waals surface area contributed by atoms with Gasteiger partial charge in [0.2, 0.25) is 5.91 Å². The van der Waals surface area contributed by atoms with Gasteiger partial charge in [-0.1, -0.05) is 11.6 Å². The molecule has 40 heavy (non-hydrogen) atoms. The van der Waals surface area contributed by atoms with E-state index >= 15 is 4.39 Å². The largest absolute Gasteiger partial charge is 0.405 e. The first-order chi connectivity index (χ1) is 18.9. The van der Waals surface area contributed by atoms with E-state index in [1.807, 2.05) is 13.8 Å². The number of rotatable bonds is 11. The van der Waals surface area contributed by atoms with E-state index in [9.17, 15) is 32.7 Å². The number of carbonyl (C=O) groups is 3. The summed E-state index contributed by atoms with van der Waals surface area (Å²) in [6.45, 7) is 1.28. The van der Waals surface area contributed by atoms with Crippen molar-refractivity contribution in [2.24, 2.45) is 5.92 Å². The first kappa shape index (κ1) is 29.2. The maximum Gasteiger partial charge on any atom is 0.405 e. The van der Waals surface area contributed by atoms with Crippen molar-refractivity contribution >= 4 is 23.4 Å². The van der Waals surface area contributed by atoms with E-state index in [0.29, 0.717) is 0 Å². The fraction of sp³-hybridized carbons (Fsp3) is 0.481. The minimum atomic E-state index is -4.65. The molecule has 4 rings (SSSR count). The summed E-state index contributed by atoms with van der Waals surface area (Å²) in [6, 6.07) is 3.67. The van der Waals surface area contributed by atoms with E-state index < -0.39 is 54.8 Å². The number of anilines is 1. The Labute approximate surface area is 228 Å². The Morgan fingerprint density at radius 1 is 1.12 bits per heavy atom. The summed E-state index contributed by atoms with van der Waals surface area (Å²) in [5.41, 5.74) is 1.89. The Hall–Kier alpha value is -3.74. The fourth-order valence-electron chi connectivity index (χ4n) is 4.57. The Balaban J connectivity index is 1.54. The van der Waals surface area contributed by atoms with E-state index in [1.165, 1.54) is 16.9 Å². The number of hydrogen-bond donors (Lipinski definition) is 4. The first-order valence-electron chi connectivity index (χ1n) is 13.0. The van der Waals surface area contributed by atoms with Crippen LogP contribution >= 0.6 is 0 Å². The Morgan fingerprint density at radius 2 is 1.82 bits per heavy atom. The fourth-order valence-corrected chi connectivity index (χ4v) is 4.57. The lowest BCUT2D eigenvalue weighted by atomic mass is 9.97. The SMILES string of the molecule is CC(C)n1nccc1C(=O)N[C@H](C(=O)Nc1ccc(C(CO)C(=O)NCC(F)(F)F)cc1F)C(=C1CC1)C1CC1. The number of nitrogens with one attached hydrogen (secondary N) is 3. The van der Waals surface area contributed by atoms with E-state index in [-0.39, 0.29) is 28.9 Å². The highest BCUT2D eigenvalue weighted by Crippen LogP contribution is 2.46. The Morgan fingerprint density at radius 3 is 2.38 bits per heavy atom. The predicted molar refractivity (Wildman–Crippen MR) is 137 cm³/mol. The maximum absolute atomic E-state index is 15.1. The molecule has 2 aliphatic carbocycles. The van der Waals surface area contributed by atoms with Gasteiger partial charge in [0.05, 0.1) is 18.2 Å². The summed E-state index contributed by atoms with van der Waals surface area (Å²) in [4.78, 5) is 38.9. The minimum Gasteiger partial charge on any atom is -0.395 e. The molecule has 2 fully saturated rings. The molecular formula is C27H31F4N5O4. The van der Waals surface area contributed by atoms with Crippen LogP contribution in [0.2, 0.25) is 0 Å². The van der Waals surface area contributed by atoms with Crippen LogP contribution in [0.25, 0.3) is 0 Å². The molecule has 2 aromatic rings. The summed E-state index contributed by atoms with van der Waals surface area (Å²) < 4.78 is 54.0. The van der Waals surface area contributed by atoms with Gasteiger partial charge >= 0.3 is 6.18 Å². The molecular weight excluding hydrogens is 534 g/mol. The van der Waals surface area contributed by atoms with Crippen LogP contribution in [-0.4, -0.2) is 58.0 Å². The Bertz CT molecular complexity index is 1310. The topological polar surface area (TPSA) is 125 Å². The highest BCUT2D eigenvalue weighted by molar-refractivity contribution is 6.02. The van der Waals surface area contributed by atoms with Crippen molar-refractivity contribution in [1.29, 1.82) is 0 Å². The average Bonchev–Trinajstić information content (AvgIpc) is 3.83. The second kappa shape index (κ2) is 11.8. The number of aliphatic hydroxyl groups is 1. The highest BCUT2D eigenvalue weighted by Gasteiger charge is 2.40. The number of alkyl halides is 3. The molecule has 216 valence electrons. The van der Waals surface area contributed by atoms with Gasteiger partial charge in [-0.3, -0.25) is 19.1 Å². The number of allylic oxidation sites excluding steroid dienone is 1. The van der Waals surface area contributed by atoms with Crippen molar-refractivity contribution in [1.82, 2.24) is 20.4 Å². The Kier molecular flexibility index (Phi) is 8.62. The molecule has 0 radical (unpaired) electrons. The van der Waals surface area contributed by atoms with E-state index in [0.717, 1.165) is 49.0 Å². The van der Waals surface area contributed by atoms with Crippen molar-refractivity contribution in [2.45, 2.75) is 63.7 Å². The third kappa shape index (κ3) is 7.06.